The molecule has 2 atom stereocenters. The van der Waals surface area contributed by atoms with Gasteiger partial charge in [-0.3, -0.25) is 9.59 Å². The Labute approximate surface area is 115 Å². The van der Waals surface area contributed by atoms with Crippen LogP contribution in [0.3, 0.4) is 0 Å². The van der Waals surface area contributed by atoms with Crippen LogP contribution in [0.1, 0.15) is 31.2 Å². The molecule has 1 aromatic heterocycles. The van der Waals surface area contributed by atoms with Crippen LogP contribution >= 0.6 is 23.1 Å². The summed E-state index contributed by atoms with van der Waals surface area (Å²) < 4.78 is 0. The first kappa shape index (κ1) is 15.0. The molecule has 1 amide bonds. The molecule has 0 aliphatic carbocycles. The number of carboxylic acids is 1. The van der Waals surface area contributed by atoms with Crippen LogP contribution in [0.25, 0.3) is 0 Å². The number of thiophene rings is 1. The van der Waals surface area contributed by atoms with Crippen molar-refractivity contribution in [3.05, 3.63) is 22.4 Å². The van der Waals surface area contributed by atoms with Gasteiger partial charge in [-0.15, -0.1) is 23.1 Å². The molecule has 0 radical (unpaired) electrons. The van der Waals surface area contributed by atoms with E-state index in [0.717, 1.165) is 4.88 Å². The monoisotopic (exact) mass is 287 g/mol. The number of hydrogen-bond donors (Lipinski definition) is 2. The van der Waals surface area contributed by atoms with Gasteiger partial charge in [0.25, 0.3) is 0 Å². The zero-order chi connectivity index (χ0) is 13.5. The smallest absolute Gasteiger partial charge is 0.304 e. The maximum absolute atomic E-state index is 11.7. The number of carboxylic acid groups (broad SMARTS) is 1. The highest BCUT2D eigenvalue weighted by Gasteiger charge is 2.13. The van der Waals surface area contributed by atoms with Gasteiger partial charge in [0.05, 0.1) is 18.2 Å². The first-order valence-electron chi connectivity index (χ1n) is 5.65. The van der Waals surface area contributed by atoms with Crippen LogP contribution in [-0.2, 0) is 9.59 Å². The highest BCUT2D eigenvalue weighted by atomic mass is 32.2. The fourth-order valence-corrected chi connectivity index (χ4v) is 2.93. The lowest BCUT2D eigenvalue weighted by Gasteiger charge is -2.13. The minimum absolute atomic E-state index is 0.00730. The van der Waals surface area contributed by atoms with E-state index in [1.807, 2.05) is 31.4 Å². The van der Waals surface area contributed by atoms with E-state index < -0.39 is 5.97 Å². The van der Waals surface area contributed by atoms with Gasteiger partial charge in [0.1, 0.15) is 0 Å². The molecule has 0 aliphatic heterocycles. The number of hydrogen-bond acceptors (Lipinski definition) is 4. The van der Waals surface area contributed by atoms with Crippen LogP contribution in [0.2, 0.25) is 0 Å². The minimum atomic E-state index is -0.831. The standard InChI is InChI=1S/C12H17NO3S2/c1-8(6-12(15)16)18-7-11(14)13-9(2)10-4-3-5-17-10/h3-5,8-9H,6-7H2,1-2H3,(H,13,14)(H,15,16). The predicted octanol–water partition coefficient (Wildman–Crippen LogP) is 2.52. The Morgan fingerprint density at radius 1 is 1.50 bits per heavy atom. The molecule has 4 nitrogen and oxygen atoms in total. The maximum Gasteiger partial charge on any atom is 0.304 e. The number of nitrogens with one attached hydrogen (secondary N) is 1. The number of aliphatic carboxylic acids is 1. The second-order valence-corrected chi connectivity index (χ2v) is 6.43. The van der Waals surface area contributed by atoms with Crippen molar-refractivity contribution in [3.8, 4) is 0 Å². The van der Waals surface area contributed by atoms with Gasteiger partial charge < -0.3 is 10.4 Å². The Morgan fingerprint density at radius 2 is 2.22 bits per heavy atom. The Kier molecular flexibility index (Phi) is 6.21. The van der Waals surface area contributed by atoms with E-state index in [9.17, 15) is 9.59 Å². The van der Waals surface area contributed by atoms with Crippen LogP contribution < -0.4 is 5.32 Å². The lowest BCUT2D eigenvalue weighted by molar-refractivity contribution is -0.136. The third-order valence-corrected chi connectivity index (χ3v) is 4.53. The Balaban J connectivity index is 2.27. The van der Waals surface area contributed by atoms with Gasteiger partial charge >= 0.3 is 5.97 Å². The molecule has 1 rings (SSSR count). The summed E-state index contributed by atoms with van der Waals surface area (Å²) in [6.07, 6.45) is 0.0818. The van der Waals surface area contributed by atoms with Crippen molar-refractivity contribution < 1.29 is 14.7 Å². The summed E-state index contributed by atoms with van der Waals surface area (Å²) in [5, 5.41) is 13.4. The SMILES string of the molecule is CC(CC(=O)O)SCC(=O)NC(C)c1cccs1. The van der Waals surface area contributed by atoms with Crippen LogP contribution in [0.5, 0.6) is 0 Å². The maximum atomic E-state index is 11.7. The highest BCUT2D eigenvalue weighted by Crippen LogP contribution is 2.19. The topological polar surface area (TPSA) is 66.4 Å². The summed E-state index contributed by atoms with van der Waals surface area (Å²) in [5.41, 5.74) is 0. The normalized spacial score (nSPS) is 13.9. The Bertz CT molecular complexity index is 392. The number of rotatable bonds is 7. The fourth-order valence-electron chi connectivity index (χ4n) is 1.41. The number of thioether (sulfide) groups is 1. The van der Waals surface area contributed by atoms with Crippen LogP contribution in [0.4, 0.5) is 0 Å². The molecule has 0 bridgehead atoms. The summed E-state index contributed by atoms with van der Waals surface area (Å²) >= 11 is 2.97. The molecule has 1 heterocycles. The van der Waals surface area contributed by atoms with E-state index in [-0.39, 0.29) is 23.6 Å². The number of amides is 1. The van der Waals surface area contributed by atoms with Crippen molar-refractivity contribution in [1.29, 1.82) is 0 Å². The summed E-state index contributed by atoms with van der Waals surface area (Å²) in [7, 11) is 0. The minimum Gasteiger partial charge on any atom is -0.481 e. The Morgan fingerprint density at radius 3 is 2.78 bits per heavy atom. The van der Waals surface area contributed by atoms with Crippen LogP contribution in [0.15, 0.2) is 17.5 Å². The summed E-state index contributed by atoms with van der Waals surface area (Å²) in [5.74, 6) is -0.593. The molecule has 0 aliphatic rings. The number of carbonyl (C=O) groups is 2. The number of carbonyl (C=O) groups excluding carboxylic acids is 1. The van der Waals surface area contributed by atoms with Gasteiger partial charge in [0, 0.05) is 10.1 Å². The molecular formula is C12H17NO3S2. The molecule has 0 saturated carbocycles. The van der Waals surface area contributed by atoms with E-state index in [4.69, 9.17) is 5.11 Å². The molecule has 6 heteroatoms. The average Bonchev–Trinajstić information content (AvgIpc) is 2.78. The molecular weight excluding hydrogens is 270 g/mol. The van der Waals surface area contributed by atoms with E-state index in [0.29, 0.717) is 5.75 Å². The summed E-state index contributed by atoms with van der Waals surface area (Å²) in [6.45, 7) is 3.75. The van der Waals surface area contributed by atoms with E-state index >= 15 is 0 Å². The fraction of sp³-hybridized carbons (Fsp3) is 0.500. The zero-order valence-electron chi connectivity index (χ0n) is 10.4. The largest absolute Gasteiger partial charge is 0.481 e. The van der Waals surface area contributed by atoms with Gasteiger partial charge in [-0.25, -0.2) is 0 Å². The molecule has 100 valence electrons. The molecule has 0 fully saturated rings. The first-order chi connectivity index (χ1) is 8.49. The van der Waals surface area contributed by atoms with Crippen molar-refractivity contribution >= 4 is 35.0 Å². The molecule has 2 N–H and O–H groups in total. The predicted molar refractivity (Wildman–Crippen MR) is 75.0 cm³/mol. The lowest BCUT2D eigenvalue weighted by Crippen LogP contribution is -2.28. The van der Waals surface area contributed by atoms with Crippen molar-refractivity contribution in [3.63, 3.8) is 0 Å². The van der Waals surface area contributed by atoms with Crippen molar-refractivity contribution in [2.24, 2.45) is 0 Å². The second-order valence-electron chi connectivity index (χ2n) is 4.02. The van der Waals surface area contributed by atoms with E-state index in [2.05, 4.69) is 5.32 Å². The first-order valence-corrected chi connectivity index (χ1v) is 7.58. The van der Waals surface area contributed by atoms with E-state index in [1.165, 1.54) is 11.8 Å². The molecule has 0 spiro atoms. The summed E-state index contributed by atoms with van der Waals surface area (Å²) in [6, 6.07) is 3.94. The van der Waals surface area contributed by atoms with Gasteiger partial charge in [0.15, 0.2) is 0 Å². The van der Waals surface area contributed by atoms with Crippen molar-refractivity contribution in [2.45, 2.75) is 31.6 Å². The Hall–Kier alpha value is -1.01. The van der Waals surface area contributed by atoms with Crippen LogP contribution in [0, 0.1) is 0 Å². The highest BCUT2D eigenvalue weighted by molar-refractivity contribution is 8.00. The van der Waals surface area contributed by atoms with Crippen LogP contribution in [-0.4, -0.2) is 28.0 Å². The lowest BCUT2D eigenvalue weighted by atomic mass is 10.3. The molecule has 1 aromatic rings. The quantitative estimate of drug-likeness (QED) is 0.808. The zero-order valence-corrected chi connectivity index (χ0v) is 12.0. The van der Waals surface area contributed by atoms with E-state index in [1.54, 1.807) is 11.3 Å². The third kappa shape index (κ3) is 5.55. The molecule has 0 aromatic carbocycles. The third-order valence-electron chi connectivity index (χ3n) is 2.31. The van der Waals surface area contributed by atoms with Gasteiger partial charge in [0.2, 0.25) is 5.91 Å². The molecule has 2 unspecified atom stereocenters. The second kappa shape index (κ2) is 7.43. The van der Waals surface area contributed by atoms with Crippen molar-refractivity contribution in [2.75, 3.05) is 5.75 Å². The molecule has 0 saturated heterocycles. The molecule has 18 heavy (non-hydrogen) atoms. The summed E-state index contributed by atoms with van der Waals surface area (Å²) in [4.78, 5) is 23.3. The van der Waals surface area contributed by atoms with Gasteiger partial charge in [-0.05, 0) is 18.4 Å². The van der Waals surface area contributed by atoms with Gasteiger partial charge in [-0.2, -0.15) is 0 Å². The van der Waals surface area contributed by atoms with Crippen molar-refractivity contribution in [1.82, 2.24) is 5.32 Å². The van der Waals surface area contributed by atoms with Gasteiger partial charge in [-0.1, -0.05) is 13.0 Å². The average molecular weight is 287 g/mol.